The summed E-state index contributed by atoms with van der Waals surface area (Å²) in [4.78, 5) is 0. The van der Waals surface area contributed by atoms with E-state index in [4.69, 9.17) is 4.74 Å². The van der Waals surface area contributed by atoms with Gasteiger partial charge in [0.1, 0.15) is 0 Å². The first-order chi connectivity index (χ1) is 7.13. The minimum absolute atomic E-state index is 0.126. The predicted molar refractivity (Wildman–Crippen MR) is 65.1 cm³/mol. The SMILES string of the molecule is CCNCC1(OC)CCC(C(C)C)CC1. The zero-order valence-corrected chi connectivity index (χ0v) is 10.8. The molecule has 0 aromatic rings. The van der Waals surface area contributed by atoms with E-state index in [0.29, 0.717) is 0 Å². The molecule has 0 aromatic carbocycles. The van der Waals surface area contributed by atoms with Gasteiger partial charge in [0.2, 0.25) is 0 Å². The van der Waals surface area contributed by atoms with Gasteiger partial charge in [0.25, 0.3) is 0 Å². The van der Waals surface area contributed by atoms with Crippen molar-refractivity contribution < 1.29 is 4.74 Å². The molecule has 15 heavy (non-hydrogen) atoms. The average Bonchev–Trinajstić information content (AvgIpc) is 2.27. The highest BCUT2D eigenvalue weighted by molar-refractivity contribution is 4.89. The van der Waals surface area contributed by atoms with Crippen molar-refractivity contribution in [3.05, 3.63) is 0 Å². The molecule has 2 heteroatoms. The molecule has 1 rings (SSSR count). The highest BCUT2D eigenvalue weighted by atomic mass is 16.5. The second-order valence-corrected chi connectivity index (χ2v) is 5.25. The summed E-state index contributed by atoms with van der Waals surface area (Å²) < 4.78 is 5.75. The third-order valence-corrected chi connectivity index (χ3v) is 4.01. The fourth-order valence-corrected chi connectivity index (χ4v) is 2.64. The lowest BCUT2D eigenvalue weighted by molar-refractivity contribution is -0.0510. The fourth-order valence-electron chi connectivity index (χ4n) is 2.64. The molecule has 0 atom stereocenters. The predicted octanol–water partition coefficient (Wildman–Crippen LogP) is 2.83. The quantitative estimate of drug-likeness (QED) is 0.758. The molecule has 0 bridgehead atoms. The van der Waals surface area contributed by atoms with Gasteiger partial charge in [0.15, 0.2) is 0 Å². The Morgan fingerprint density at radius 3 is 2.33 bits per heavy atom. The minimum atomic E-state index is 0.126. The molecule has 0 heterocycles. The molecule has 1 N–H and O–H groups in total. The lowest BCUT2D eigenvalue weighted by atomic mass is 9.74. The third kappa shape index (κ3) is 3.46. The van der Waals surface area contributed by atoms with Crippen LogP contribution in [0.5, 0.6) is 0 Å². The zero-order valence-electron chi connectivity index (χ0n) is 10.8. The van der Waals surface area contributed by atoms with Crippen LogP contribution in [0, 0.1) is 11.8 Å². The summed E-state index contributed by atoms with van der Waals surface area (Å²) in [5.41, 5.74) is 0.126. The van der Waals surface area contributed by atoms with Gasteiger partial charge in [-0.1, -0.05) is 20.8 Å². The van der Waals surface area contributed by atoms with Gasteiger partial charge in [0.05, 0.1) is 5.60 Å². The Hall–Kier alpha value is -0.0800. The molecule has 2 nitrogen and oxygen atoms in total. The number of hydrogen-bond acceptors (Lipinski definition) is 2. The van der Waals surface area contributed by atoms with E-state index >= 15 is 0 Å². The maximum absolute atomic E-state index is 5.75. The molecule has 1 aliphatic rings. The van der Waals surface area contributed by atoms with Crippen LogP contribution in [0.1, 0.15) is 46.5 Å². The summed E-state index contributed by atoms with van der Waals surface area (Å²) in [6, 6.07) is 0. The van der Waals surface area contributed by atoms with Gasteiger partial charge < -0.3 is 10.1 Å². The summed E-state index contributed by atoms with van der Waals surface area (Å²) in [6.07, 6.45) is 5.10. The van der Waals surface area contributed by atoms with Crippen LogP contribution in [0.25, 0.3) is 0 Å². The highest BCUT2D eigenvalue weighted by Crippen LogP contribution is 2.37. The molecular weight excluding hydrogens is 186 g/mol. The van der Waals surface area contributed by atoms with E-state index < -0.39 is 0 Å². The van der Waals surface area contributed by atoms with Gasteiger partial charge in [-0.25, -0.2) is 0 Å². The van der Waals surface area contributed by atoms with Crippen molar-refractivity contribution in [1.82, 2.24) is 5.32 Å². The van der Waals surface area contributed by atoms with E-state index in [1.54, 1.807) is 0 Å². The van der Waals surface area contributed by atoms with Gasteiger partial charge in [-0.2, -0.15) is 0 Å². The molecule has 0 unspecified atom stereocenters. The number of hydrogen-bond donors (Lipinski definition) is 1. The summed E-state index contributed by atoms with van der Waals surface area (Å²) in [5.74, 6) is 1.74. The molecule has 0 amide bonds. The summed E-state index contributed by atoms with van der Waals surface area (Å²) in [5, 5.41) is 3.43. The number of ether oxygens (including phenoxy) is 1. The Balaban J connectivity index is 2.43. The third-order valence-electron chi connectivity index (χ3n) is 4.01. The normalized spacial score (nSPS) is 32.2. The summed E-state index contributed by atoms with van der Waals surface area (Å²) in [6.45, 7) is 8.90. The van der Waals surface area contributed by atoms with Crippen molar-refractivity contribution in [3.8, 4) is 0 Å². The van der Waals surface area contributed by atoms with Crippen molar-refractivity contribution >= 4 is 0 Å². The van der Waals surface area contributed by atoms with Gasteiger partial charge in [0, 0.05) is 13.7 Å². The van der Waals surface area contributed by atoms with Gasteiger partial charge in [-0.05, 0) is 44.1 Å². The van der Waals surface area contributed by atoms with Crippen LogP contribution in [0.2, 0.25) is 0 Å². The molecule has 90 valence electrons. The molecular formula is C13H27NO. The lowest BCUT2D eigenvalue weighted by Gasteiger charge is -2.40. The molecule has 0 radical (unpaired) electrons. The van der Waals surface area contributed by atoms with Crippen molar-refractivity contribution in [2.75, 3.05) is 20.2 Å². The van der Waals surface area contributed by atoms with E-state index in [0.717, 1.165) is 24.9 Å². The van der Waals surface area contributed by atoms with E-state index in [2.05, 4.69) is 26.1 Å². The smallest absolute Gasteiger partial charge is 0.0802 e. The molecule has 1 aliphatic carbocycles. The van der Waals surface area contributed by atoms with Crippen molar-refractivity contribution in [2.45, 2.75) is 52.1 Å². The van der Waals surface area contributed by atoms with Crippen molar-refractivity contribution in [3.63, 3.8) is 0 Å². The van der Waals surface area contributed by atoms with Crippen molar-refractivity contribution in [1.29, 1.82) is 0 Å². The Kier molecular flexibility index (Phi) is 5.07. The second kappa shape index (κ2) is 5.86. The van der Waals surface area contributed by atoms with Crippen LogP contribution >= 0.6 is 0 Å². The molecule has 0 saturated heterocycles. The fraction of sp³-hybridized carbons (Fsp3) is 1.00. The summed E-state index contributed by atoms with van der Waals surface area (Å²) >= 11 is 0. The van der Waals surface area contributed by atoms with E-state index in [-0.39, 0.29) is 5.60 Å². The van der Waals surface area contributed by atoms with Gasteiger partial charge in [-0.3, -0.25) is 0 Å². The number of methoxy groups -OCH3 is 1. The molecule has 1 saturated carbocycles. The van der Waals surface area contributed by atoms with Crippen molar-refractivity contribution in [2.24, 2.45) is 11.8 Å². The highest BCUT2D eigenvalue weighted by Gasteiger charge is 2.35. The average molecular weight is 213 g/mol. The Morgan fingerprint density at radius 2 is 1.93 bits per heavy atom. The lowest BCUT2D eigenvalue weighted by Crippen LogP contribution is -2.45. The van der Waals surface area contributed by atoms with E-state index in [1.165, 1.54) is 25.7 Å². The zero-order chi connectivity index (χ0) is 11.3. The number of nitrogens with one attached hydrogen (secondary N) is 1. The number of rotatable bonds is 5. The second-order valence-electron chi connectivity index (χ2n) is 5.25. The van der Waals surface area contributed by atoms with Crippen LogP contribution in [-0.2, 0) is 4.74 Å². The van der Waals surface area contributed by atoms with Crippen LogP contribution in [0.15, 0.2) is 0 Å². The van der Waals surface area contributed by atoms with Crippen LogP contribution < -0.4 is 5.32 Å². The van der Waals surface area contributed by atoms with Crippen LogP contribution in [0.3, 0.4) is 0 Å². The van der Waals surface area contributed by atoms with E-state index in [1.807, 2.05) is 7.11 Å². The Morgan fingerprint density at radius 1 is 1.33 bits per heavy atom. The largest absolute Gasteiger partial charge is 0.377 e. The standard InChI is InChI=1S/C13H27NO/c1-5-14-10-13(15-4)8-6-12(7-9-13)11(2)3/h11-12,14H,5-10H2,1-4H3. The first kappa shape index (κ1) is 13.0. The summed E-state index contributed by atoms with van der Waals surface area (Å²) in [7, 11) is 1.87. The Labute approximate surface area is 94.8 Å². The Bertz CT molecular complexity index is 171. The minimum Gasteiger partial charge on any atom is -0.377 e. The van der Waals surface area contributed by atoms with Crippen LogP contribution in [0.4, 0.5) is 0 Å². The molecule has 0 aromatic heterocycles. The van der Waals surface area contributed by atoms with Gasteiger partial charge in [-0.15, -0.1) is 0 Å². The van der Waals surface area contributed by atoms with Gasteiger partial charge >= 0.3 is 0 Å². The molecule has 1 fully saturated rings. The maximum atomic E-state index is 5.75. The topological polar surface area (TPSA) is 21.3 Å². The molecule has 0 aliphatic heterocycles. The first-order valence-electron chi connectivity index (χ1n) is 6.39. The monoisotopic (exact) mass is 213 g/mol. The van der Waals surface area contributed by atoms with E-state index in [9.17, 15) is 0 Å². The molecule has 0 spiro atoms. The first-order valence-corrected chi connectivity index (χ1v) is 6.39. The van der Waals surface area contributed by atoms with Crippen LogP contribution in [-0.4, -0.2) is 25.8 Å². The maximum Gasteiger partial charge on any atom is 0.0802 e. The number of likely N-dealkylation sites (N-methyl/N-ethyl adjacent to an activating group) is 1.